The van der Waals surface area contributed by atoms with Crippen LogP contribution < -0.4 is 0 Å². The minimum Gasteiger partial charge on any atom is -0.450 e. The molecule has 5 aromatic rings. The summed E-state index contributed by atoms with van der Waals surface area (Å²) in [7, 11) is 0. The highest BCUT2D eigenvalue weighted by Crippen LogP contribution is 2.43. The van der Waals surface area contributed by atoms with Crippen molar-refractivity contribution in [2.45, 2.75) is 53.4 Å². The Bertz CT molecular complexity index is 1420. The van der Waals surface area contributed by atoms with Gasteiger partial charge >= 0.3 is 0 Å². The maximum Gasteiger partial charge on any atom is 0.189 e. The van der Waals surface area contributed by atoms with E-state index in [1.807, 2.05) is 6.20 Å². The molecular weight excluding hydrogens is 398 g/mol. The van der Waals surface area contributed by atoms with E-state index in [0.717, 1.165) is 22.8 Å². The Kier molecular flexibility index (Phi) is 4.53. The minimum atomic E-state index is 0.0446. The van der Waals surface area contributed by atoms with Gasteiger partial charge in [-0.25, -0.2) is 0 Å². The third-order valence-corrected chi connectivity index (χ3v) is 6.83. The van der Waals surface area contributed by atoms with E-state index in [2.05, 4.69) is 90.1 Å². The number of thiophene rings is 1. The topological polar surface area (TPSA) is 26.0 Å². The number of furan rings is 1. The molecule has 31 heavy (non-hydrogen) atoms. The summed E-state index contributed by atoms with van der Waals surface area (Å²) in [6, 6.07) is 17.6. The summed E-state index contributed by atoms with van der Waals surface area (Å²) in [4.78, 5) is 5.88. The van der Waals surface area contributed by atoms with E-state index in [0.29, 0.717) is 0 Å². The predicted molar refractivity (Wildman–Crippen MR) is 134 cm³/mol. The van der Waals surface area contributed by atoms with Crippen LogP contribution in [0.5, 0.6) is 0 Å². The van der Waals surface area contributed by atoms with E-state index < -0.39 is 0 Å². The Morgan fingerprint density at radius 3 is 2.42 bits per heavy atom. The molecule has 0 N–H and O–H groups in total. The van der Waals surface area contributed by atoms with Gasteiger partial charge in [-0.3, -0.25) is 4.98 Å². The Morgan fingerprint density at radius 1 is 0.903 bits per heavy atom. The molecule has 0 aliphatic carbocycles. The van der Waals surface area contributed by atoms with Crippen LogP contribution in [0.2, 0.25) is 0 Å². The highest BCUT2D eigenvalue weighted by Gasteiger charge is 2.22. The molecule has 0 aliphatic heterocycles. The number of rotatable bonds is 2. The fourth-order valence-corrected chi connectivity index (χ4v) is 5.52. The molecule has 3 heteroatoms. The molecule has 0 bridgehead atoms. The molecule has 0 saturated carbocycles. The van der Waals surface area contributed by atoms with E-state index >= 15 is 0 Å². The van der Waals surface area contributed by atoms with Crippen molar-refractivity contribution in [1.82, 2.24) is 4.98 Å². The summed E-state index contributed by atoms with van der Waals surface area (Å²) in [5.41, 5.74) is 3.81. The lowest BCUT2D eigenvalue weighted by atomic mass is 9.82. The van der Waals surface area contributed by atoms with Crippen molar-refractivity contribution >= 4 is 42.5 Å². The van der Waals surface area contributed by atoms with Crippen molar-refractivity contribution in [2.75, 3.05) is 0 Å². The van der Waals surface area contributed by atoms with Crippen molar-refractivity contribution in [3.63, 3.8) is 0 Å². The SMILES string of the molecule is CC(C)(C)Cc1cc2c(o1)sc1ccnc(-c3cc(C(C)(C)C)c4ccccc4c3)c12. The van der Waals surface area contributed by atoms with Gasteiger partial charge in [-0.05, 0) is 51.4 Å². The van der Waals surface area contributed by atoms with E-state index in [-0.39, 0.29) is 10.8 Å². The van der Waals surface area contributed by atoms with Crippen LogP contribution in [0.25, 0.3) is 42.4 Å². The molecular formula is C28H29NOS. The van der Waals surface area contributed by atoms with Gasteiger partial charge < -0.3 is 4.42 Å². The van der Waals surface area contributed by atoms with E-state index in [4.69, 9.17) is 9.40 Å². The summed E-state index contributed by atoms with van der Waals surface area (Å²) >= 11 is 1.72. The second-order valence-electron chi connectivity index (χ2n) is 10.8. The van der Waals surface area contributed by atoms with Crippen molar-refractivity contribution in [2.24, 2.45) is 5.41 Å². The first-order valence-electron chi connectivity index (χ1n) is 10.9. The van der Waals surface area contributed by atoms with Crippen LogP contribution in [0.4, 0.5) is 0 Å². The lowest BCUT2D eigenvalue weighted by Crippen LogP contribution is -2.12. The molecule has 3 heterocycles. The second-order valence-corrected chi connectivity index (χ2v) is 11.8. The van der Waals surface area contributed by atoms with Crippen LogP contribution >= 0.6 is 11.3 Å². The van der Waals surface area contributed by atoms with Crippen molar-refractivity contribution < 1.29 is 4.42 Å². The van der Waals surface area contributed by atoms with Gasteiger partial charge in [0.15, 0.2) is 4.90 Å². The van der Waals surface area contributed by atoms with Gasteiger partial charge in [0.1, 0.15) is 5.76 Å². The van der Waals surface area contributed by atoms with Crippen molar-refractivity contribution in [1.29, 1.82) is 0 Å². The van der Waals surface area contributed by atoms with Crippen molar-refractivity contribution in [3.8, 4) is 11.3 Å². The number of aromatic nitrogens is 1. The largest absolute Gasteiger partial charge is 0.450 e. The predicted octanol–water partition coefficient (Wildman–Crippen LogP) is 8.75. The third-order valence-electron chi connectivity index (χ3n) is 5.78. The molecule has 0 radical (unpaired) electrons. The first kappa shape index (κ1) is 20.3. The van der Waals surface area contributed by atoms with Gasteiger partial charge in [-0.1, -0.05) is 77.1 Å². The summed E-state index contributed by atoms with van der Waals surface area (Å²) in [5.74, 6) is 1.05. The molecule has 0 unspecified atom stereocenters. The summed E-state index contributed by atoms with van der Waals surface area (Å²) in [5, 5.41) is 4.97. The van der Waals surface area contributed by atoms with Crippen LogP contribution in [0.3, 0.4) is 0 Å². The van der Waals surface area contributed by atoms with Gasteiger partial charge in [-0.15, -0.1) is 0 Å². The maximum absolute atomic E-state index is 6.26. The molecule has 2 aromatic carbocycles. The molecule has 0 saturated heterocycles. The minimum absolute atomic E-state index is 0.0446. The molecule has 0 aliphatic rings. The molecule has 0 atom stereocenters. The van der Waals surface area contributed by atoms with Gasteiger partial charge in [0.25, 0.3) is 0 Å². The lowest BCUT2D eigenvalue weighted by molar-refractivity contribution is 0.371. The van der Waals surface area contributed by atoms with Crippen LogP contribution in [-0.4, -0.2) is 4.98 Å². The Morgan fingerprint density at radius 2 is 1.68 bits per heavy atom. The Hall–Kier alpha value is -2.65. The number of fused-ring (bicyclic) bond motifs is 4. The fraction of sp³-hybridized carbons (Fsp3) is 0.321. The van der Waals surface area contributed by atoms with Gasteiger partial charge in [0.05, 0.1) is 5.69 Å². The average Bonchev–Trinajstić information content (AvgIpc) is 3.21. The normalized spacial score (nSPS) is 13.0. The van der Waals surface area contributed by atoms with E-state index in [1.165, 1.54) is 37.4 Å². The van der Waals surface area contributed by atoms with Gasteiger partial charge in [0, 0.05) is 33.7 Å². The zero-order chi connectivity index (χ0) is 22.0. The summed E-state index contributed by atoms with van der Waals surface area (Å²) in [6.07, 6.45) is 2.85. The Balaban J connectivity index is 1.78. The number of benzene rings is 2. The lowest BCUT2D eigenvalue weighted by Gasteiger charge is -2.22. The van der Waals surface area contributed by atoms with Crippen LogP contribution in [-0.2, 0) is 11.8 Å². The van der Waals surface area contributed by atoms with E-state index in [1.54, 1.807) is 11.3 Å². The van der Waals surface area contributed by atoms with Crippen LogP contribution in [0.15, 0.2) is 59.1 Å². The monoisotopic (exact) mass is 427 g/mol. The molecule has 2 nitrogen and oxygen atoms in total. The van der Waals surface area contributed by atoms with E-state index in [9.17, 15) is 0 Å². The number of hydrogen-bond donors (Lipinski definition) is 0. The number of nitrogens with zero attached hydrogens (tertiary/aromatic N) is 1. The molecule has 3 aromatic heterocycles. The molecule has 0 fully saturated rings. The summed E-state index contributed by atoms with van der Waals surface area (Å²) < 4.78 is 7.49. The standard InChI is InChI=1S/C28H29NOS/c1-27(2,3)16-19-15-21-24-23(31-26(21)30-19)11-12-29-25(24)18-13-17-9-7-8-10-20(17)22(14-18)28(4,5)6/h7-15H,16H2,1-6H3. The van der Waals surface area contributed by atoms with Crippen LogP contribution in [0.1, 0.15) is 52.9 Å². The maximum atomic E-state index is 6.26. The quantitative estimate of drug-likeness (QED) is 0.281. The number of hydrogen-bond acceptors (Lipinski definition) is 3. The van der Waals surface area contributed by atoms with Crippen LogP contribution in [0, 0.1) is 5.41 Å². The van der Waals surface area contributed by atoms with Crippen molar-refractivity contribution in [3.05, 3.63) is 66.1 Å². The first-order chi connectivity index (χ1) is 14.6. The average molecular weight is 428 g/mol. The summed E-state index contributed by atoms with van der Waals surface area (Å²) in [6.45, 7) is 13.6. The second kappa shape index (κ2) is 6.93. The highest BCUT2D eigenvalue weighted by molar-refractivity contribution is 7.25. The fourth-order valence-electron chi connectivity index (χ4n) is 4.46. The number of pyridine rings is 1. The first-order valence-corrected chi connectivity index (χ1v) is 11.8. The third kappa shape index (κ3) is 3.65. The van der Waals surface area contributed by atoms with Gasteiger partial charge in [-0.2, -0.15) is 0 Å². The molecule has 0 amide bonds. The zero-order valence-corrected chi connectivity index (χ0v) is 20.0. The zero-order valence-electron chi connectivity index (χ0n) is 19.2. The molecule has 0 spiro atoms. The molecule has 158 valence electrons. The van der Waals surface area contributed by atoms with Gasteiger partial charge in [0.2, 0.25) is 0 Å². The molecule has 5 rings (SSSR count). The highest BCUT2D eigenvalue weighted by atomic mass is 32.1. The Labute approximate surface area is 187 Å². The smallest absolute Gasteiger partial charge is 0.189 e.